The molecule has 0 saturated carbocycles. The molecule has 0 bridgehead atoms. The molecule has 1 aliphatic heterocycles. The van der Waals surface area contributed by atoms with E-state index in [0.717, 1.165) is 12.8 Å². The van der Waals surface area contributed by atoms with Crippen LogP contribution in [-0.4, -0.2) is 44.4 Å². The molecule has 1 saturated heterocycles. The Balaban J connectivity index is 1.59. The summed E-state index contributed by atoms with van der Waals surface area (Å²) in [6.07, 6.45) is 5.85. The highest BCUT2D eigenvalue weighted by atomic mass is 19.1. The summed E-state index contributed by atoms with van der Waals surface area (Å²) in [6.45, 7) is 2.28. The number of aromatic nitrogens is 3. The van der Waals surface area contributed by atoms with Crippen molar-refractivity contribution in [3.63, 3.8) is 0 Å². The van der Waals surface area contributed by atoms with Gasteiger partial charge in [-0.1, -0.05) is 0 Å². The van der Waals surface area contributed by atoms with E-state index < -0.39 is 5.82 Å². The third-order valence-electron chi connectivity index (χ3n) is 5.27. The second-order valence-electron chi connectivity index (χ2n) is 7.38. The Morgan fingerprint density at radius 2 is 1.97 bits per heavy atom. The lowest BCUT2D eigenvalue weighted by molar-refractivity contribution is 0.0373. The van der Waals surface area contributed by atoms with Crippen LogP contribution in [-0.2, 0) is 0 Å². The number of likely N-dealkylation sites (tertiary alicyclic amines) is 1. The molecular formula is C23H20FN5O2. The van der Waals surface area contributed by atoms with Crippen molar-refractivity contribution in [1.82, 2.24) is 19.9 Å². The van der Waals surface area contributed by atoms with Gasteiger partial charge in [0.1, 0.15) is 11.9 Å². The topological polar surface area (TPSA) is 92.0 Å². The number of halogens is 1. The smallest absolute Gasteiger partial charge is 0.255 e. The Morgan fingerprint density at radius 1 is 1.16 bits per heavy atom. The molecule has 1 aliphatic rings. The maximum atomic E-state index is 14.1. The second kappa shape index (κ2) is 8.88. The first-order chi connectivity index (χ1) is 15.0. The van der Waals surface area contributed by atoms with Crippen molar-refractivity contribution in [2.45, 2.75) is 31.9 Å². The van der Waals surface area contributed by atoms with Crippen molar-refractivity contribution in [2.75, 3.05) is 6.54 Å². The van der Waals surface area contributed by atoms with Crippen LogP contribution >= 0.6 is 0 Å². The van der Waals surface area contributed by atoms with Crippen molar-refractivity contribution in [3.8, 4) is 23.3 Å². The SMILES string of the molecule is CC1CCC(Oc2cc(C#N)ccn2)CN1C(=O)c1cc(F)ccc1-c1ncccn1. The van der Waals surface area contributed by atoms with Gasteiger partial charge >= 0.3 is 0 Å². The van der Waals surface area contributed by atoms with Crippen LogP contribution in [0.3, 0.4) is 0 Å². The molecule has 156 valence electrons. The molecule has 4 rings (SSSR count). The molecule has 7 nitrogen and oxygen atoms in total. The number of hydrogen-bond donors (Lipinski definition) is 0. The zero-order valence-corrected chi connectivity index (χ0v) is 16.9. The third-order valence-corrected chi connectivity index (χ3v) is 5.27. The summed E-state index contributed by atoms with van der Waals surface area (Å²) >= 11 is 0. The van der Waals surface area contributed by atoms with Crippen LogP contribution in [0.2, 0.25) is 0 Å². The van der Waals surface area contributed by atoms with Gasteiger partial charge in [-0.15, -0.1) is 0 Å². The maximum absolute atomic E-state index is 14.1. The van der Waals surface area contributed by atoms with Crippen LogP contribution in [0, 0.1) is 17.1 Å². The molecule has 2 unspecified atom stereocenters. The van der Waals surface area contributed by atoms with E-state index in [0.29, 0.717) is 29.4 Å². The van der Waals surface area contributed by atoms with Gasteiger partial charge in [0.05, 0.1) is 23.7 Å². The van der Waals surface area contributed by atoms with Gasteiger partial charge in [0.15, 0.2) is 5.82 Å². The van der Waals surface area contributed by atoms with E-state index in [-0.39, 0.29) is 23.6 Å². The monoisotopic (exact) mass is 417 g/mol. The van der Waals surface area contributed by atoms with Crippen molar-refractivity contribution >= 4 is 5.91 Å². The first kappa shape index (κ1) is 20.4. The number of nitriles is 1. The number of piperidine rings is 1. The summed E-state index contributed by atoms with van der Waals surface area (Å²) in [5.41, 5.74) is 1.14. The summed E-state index contributed by atoms with van der Waals surface area (Å²) < 4.78 is 20.0. The first-order valence-electron chi connectivity index (χ1n) is 9.96. The summed E-state index contributed by atoms with van der Waals surface area (Å²) in [7, 11) is 0. The van der Waals surface area contributed by atoms with Crippen LogP contribution in [0.4, 0.5) is 4.39 Å². The summed E-state index contributed by atoms with van der Waals surface area (Å²) in [5, 5.41) is 9.06. The van der Waals surface area contributed by atoms with Crippen molar-refractivity contribution in [3.05, 3.63) is 71.9 Å². The molecule has 1 amide bonds. The lowest BCUT2D eigenvalue weighted by Crippen LogP contribution is -2.49. The molecule has 2 atom stereocenters. The molecule has 0 radical (unpaired) electrons. The number of rotatable bonds is 4. The fourth-order valence-electron chi connectivity index (χ4n) is 3.65. The molecule has 1 fully saturated rings. The normalized spacial score (nSPS) is 18.3. The minimum atomic E-state index is -0.502. The molecule has 3 heterocycles. The van der Waals surface area contributed by atoms with E-state index in [1.54, 1.807) is 35.5 Å². The zero-order valence-electron chi connectivity index (χ0n) is 16.9. The number of nitrogens with zero attached hydrogens (tertiary/aromatic N) is 5. The minimum absolute atomic E-state index is 0.0430. The van der Waals surface area contributed by atoms with Crippen LogP contribution in [0.5, 0.6) is 5.88 Å². The molecule has 1 aromatic carbocycles. The predicted molar refractivity (Wildman–Crippen MR) is 111 cm³/mol. The van der Waals surface area contributed by atoms with Crippen LogP contribution in [0.25, 0.3) is 11.4 Å². The Kier molecular flexibility index (Phi) is 5.85. The number of ether oxygens (including phenoxy) is 1. The Labute approximate surface area is 179 Å². The standard InChI is InChI=1S/C23H20FN5O2/c1-15-3-5-18(31-21-11-16(13-25)7-10-26-21)14-29(15)23(30)20-12-17(24)4-6-19(20)22-27-8-2-9-28-22/h2,4,6-12,15,18H,3,5,14H2,1H3. The quantitative estimate of drug-likeness (QED) is 0.644. The molecular weight excluding hydrogens is 397 g/mol. The van der Waals surface area contributed by atoms with E-state index in [1.807, 2.05) is 6.92 Å². The van der Waals surface area contributed by atoms with Crippen molar-refractivity contribution in [2.24, 2.45) is 0 Å². The molecule has 2 aromatic heterocycles. The van der Waals surface area contributed by atoms with Crippen LogP contribution in [0.15, 0.2) is 55.0 Å². The summed E-state index contributed by atoms with van der Waals surface area (Å²) in [6, 6.07) is 10.9. The van der Waals surface area contributed by atoms with Crippen LogP contribution < -0.4 is 4.74 Å². The average Bonchev–Trinajstić information content (AvgIpc) is 2.80. The van der Waals surface area contributed by atoms with E-state index in [4.69, 9.17) is 10.00 Å². The summed E-state index contributed by atoms with van der Waals surface area (Å²) in [4.78, 5) is 27.7. The zero-order chi connectivity index (χ0) is 21.8. The number of amides is 1. The average molecular weight is 417 g/mol. The Hall–Kier alpha value is -3.86. The van der Waals surface area contributed by atoms with Crippen molar-refractivity contribution < 1.29 is 13.9 Å². The van der Waals surface area contributed by atoms with Gasteiger partial charge in [-0.3, -0.25) is 4.79 Å². The van der Waals surface area contributed by atoms with Gasteiger partial charge in [0, 0.05) is 36.3 Å². The fraction of sp³-hybridized carbons (Fsp3) is 0.261. The lowest BCUT2D eigenvalue weighted by Gasteiger charge is -2.38. The molecule has 31 heavy (non-hydrogen) atoms. The second-order valence-corrected chi connectivity index (χ2v) is 7.38. The van der Waals surface area contributed by atoms with Gasteiger partial charge in [-0.25, -0.2) is 19.3 Å². The maximum Gasteiger partial charge on any atom is 0.255 e. The summed E-state index contributed by atoms with van der Waals surface area (Å²) in [5.74, 6) is -0.101. The first-order valence-corrected chi connectivity index (χ1v) is 9.96. The highest BCUT2D eigenvalue weighted by Crippen LogP contribution is 2.27. The van der Waals surface area contributed by atoms with Gasteiger partial charge in [0.2, 0.25) is 5.88 Å². The highest BCUT2D eigenvalue weighted by Gasteiger charge is 2.32. The lowest BCUT2D eigenvalue weighted by atomic mass is 9.98. The van der Waals surface area contributed by atoms with Crippen molar-refractivity contribution in [1.29, 1.82) is 5.26 Å². The van der Waals surface area contributed by atoms with E-state index in [9.17, 15) is 9.18 Å². The number of carbonyl (C=O) groups excluding carboxylic acids is 1. The number of hydrogen-bond acceptors (Lipinski definition) is 6. The predicted octanol–water partition coefficient (Wildman–Crippen LogP) is 3.62. The van der Waals surface area contributed by atoms with E-state index in [2.05, 4.69) is 21.0 Å². The van der Waals surface area contributed by atoms with Gasteiger partial charge < -0.3 is 9.64 Å². The number of carbonyl (C=O) groups is 1. The fourth-order valence-corrected chi connectivity index (χ4v) is 3.65. The highest BCUT2D eigenvalue weighted by molar-refractivity contribution is 6.00. The van der Waals surface area contributed by atoms with Gasteiger partial charge in [-0.2, -0.15) is 5.26 Å². The largest absolute Gasteiger partial charge is 0.472 e. The number of benzene rings is 1. The number of pyridine rings is 1. The molecule has 3 aromatic rings. The molecule has 0 aliphatic carbocycles. The third kappa shape index (κ3) is 4.51. The van der Waals surface area contributed by atoms with Crippen LogP contribution in [0.1, 0.15) is 35.7 Å². The Morgan fingerprint density at radius 3 is 2.74 bits per heavy atom. The minimum Gasteiger partial charge on any atom is -0.472 e. The molecule has 8 heteroatoms. The van der Waals surface area contributed by atoms with E-state index >= 15 is 0 Å². The van der Waals surface area contributed by atoms with Gasteiger partial charge in [0.25, 0.3) is 5.91 Å². The molecule has 0 N–H and O–H groups in total. The van der Waals surface area contributed by atoms with E-state index in [1.165, 1.54) is 24.4 Å². The Bertz CT molecular complexity index is 1130. The van der Waals surface area contributed by atoms with Gasteiger partial charge in [-0.05, 0) is 50.1 Å². The molecule has 0 spiro atoms.